The number of hydrogen-bond donors (Lipinski definition) is 1. The Morgan fingerprint density at radius 2 is 2.19 bits per heavy atom. The summed E-state index contributed by atoms with van der Waals surface area (Å²) in [6.45, 7) is 0.505. The van der Waals surface area contributed by atoms with Gasteiger partial charge in [-0.3, -0.25) is 0 Å². The zero-order chi connectivity index (χ0) is 11.0. The number of benzene rings is 1. The van der Waals surface area contributed by atoms with E-state index in [4.69, 9.17) is 5.73 Å². The van der Waals surface area contributed by atoms with Crippen molar-refractivity contribution in [3.8, 4) is 5.13 Å². The van der Waals surface area contributed by atoms with Crippen molar-refractivity contribution in [3.05, 3.63) is 42.2 Å². The molecule has 0 fully saturated rings. The van der Waals surface area contributed by atoms with E-state index in [1.54, 1.807) is 22.2 Å². The van der Waals surface area contributed by atoms with Gasteiger partial charge in [0.05, 0.1) is 16.4 Å². The Labute approximate surface area is 96.3 Å². The fourth-order valence-electron chi connectivity index (χ4n) is 1.53. The van der Waals surface area contributed by atoms with Gasteiger partial charge in [-0.1, -0.05) is 23.5 Å². The second-order valence-electron chi connectivity index (χ2n) is 3.46. The summed E-state index contributed by atoms with van der Waals surface area (Å²) >= 11 is 1.62. The monoisotopic (exact) mass is 230 g/mol. The zero-order valence-corrected chi connectivity index (χ0v) is 9.31. The Balaban J connectivity index is 2.11. The zero-order valence-electron chi connectivity index (χ0n) is 8.50. The van der Waals surface area contributed by atoms with Crippen LogP contribution in [0.4, 0.5) is 0 Å². The number of nitrogens with zero attached hydrogens (tertiary/aromatic N) is 3. The second kappa shape index (κ2) is 3.70. The van der Waals surface area contributed by atoms with E-state index in [1.807, 2.05) is 24.4 Å². The lowest BCUT2D eigenvalue weighted by Gasteiger charge is -1.91. The summed E-state index contributed by atoms with van der Waals surface area (Å²) in [6, 6.07) is 8.06. The molecule has 0 spiro atoms. The highest BCUT2D eigenvalue weighted by molar-refractivity contribution is 7.20. The van der Waals surface area contributed by atoms with Crippen LogP contribution in [0.25, 0.3) is 15.3 Å². The Hall–Kier alpha value is -1.72. The van der Waals surface area contributed by atoms with E-state index >= 15 is 0 Å². The number of rotatable bonds is 2. The topological polar surface area (TPSA) is 56.7 Å². The molecule has 2 aromatic heterocycles. The lowest BCUT2D eigenvalue weighted by molar-refractivity contribution is 0.872. The number of para-hydroxylation sites is 1. The van der Waals surface area contributed by atoms with E-state index in [2.05, 4.69) is 16.1 Å². The van der Waals surface area contributed by atoms with Gasteiger partial charge in [-0.2, -0.15) is 5.10 Å². The number of nitrogens with two attached hydrogens (primary N) is 1. The molecule has 2 N–H and O–H groups in total. The maximum atomic E-state index is 5.55. The van der Waals surface area contributed by atoms with Gasteiger partial charge in [0.25, 0.3) is 0 Å². The Morgan fingerprint density at radius 1 is 1.31 bits per heavy atom. The normalized spacial score (nSPS) is 11.1. The molecule has 1 aromatic carbocycles. The number of aromatic nitrogens is 3. The molecule has 0 bridgehead atoms. The van der Waals surface area contributed by atoms with Crippen LogP contribution in [-0.4, -0.2) is 14.8 Å². The molecule has 0 unspecified atom stereocenters. The fraction of sp³-hybridized carbons (Fsp3) is 0.0909. The SMILES string of the molecule is NCc1cnn(-c2nc3ccccc3s2)c1. The lowest BCUT2D eigenvalue weighted by atomic mass is 10.3. The largest absolute Gasteiger partial charge is 0.326 e. The Kier molecular flexibility index (Phi) is 2.19. The second-order valence-corrected chi connectivity index (χ2v) is 4.47. The molecule has 0 aliphatic heterocycles. The van der Waals surface area contributed by atoms with Crippen molar-refractivity contribution in [2.24, 2.45) is 5.73 Å². The first-order valence-corrected chi connectivity index (χ1v) is 5.78. The summed E-state index contributed by atoms with van der Waals surface area (Å²) in [5, 5.41) is 5.11. The van der Waals surface area contributed by atoms with Crippen LogP contribution in [-0.2, 0) is 6.54 Å². The van der Waals surface area contributed by atoms with Crippen LogP contribution < -0.4 is 5.73 Å². The van der Waals surface area contributed by atoms with Crippen molar-refractivity contribution in [2.45, 2.75) is 6.54 Å². The van der Waals surface area contributed by atoms with Crippen LogP contribution in [0.1, 0.15) is 5.56 Å². The summed E-state index contributed by atoms with van der Waals surface area (Å²) in [5.74, 6) is 0. The fourth-order valence-corrected chi connectivity index (χ4v) is 2.43. The van der Waals surface area contributed by atoms with Gasteiger partial charge in [0.2, 0.25) is 5.13 Å². The van der Waals surface area contributed by atoms with Gasteiger partial charge < -0.3 is 5.73 Å². The number of fused-ring (bicyclic) bond motifs is 1. The molecular weight excluding hydrogens is 220 g/mol. The quantitative estimate of drug-likeness (QED) is 0.732. The van der Waals surface area contributed by atoms with Gasteiger partial charge in [0.1, 0.15) is 0 Å². The third-order valence-electron chi connectivity index (χ3n) is 2.35. The average molecular weight is 230 g/mol. The minimum atomic E-state index is 0.505. The molecule has 16 heavy (non-hydrogen) atoms. The summed E-state index contributed by atoms with van der Waals surface area (Å²) in [5.41, 5.74) is 7.57. The van der Waals surface area contributed by atoms with E-state index < -0.39 is 0 Å². The molecule has 0 saturated heterocycles. The molecule has 0 atom stereocenters. The molecule has 5 heteroatoms. The molecule has 80 valence electrons. The average Bonchev–Trinajstić information content (AvgIpc) is 2.95. The molecule has 0 aliphatic rings. The lowest BCUT2D eigenvalue weighted by Crippen LogP contribution is -1.95. The predicted octanol–water partition coefficient (Wildman–Crippen LogP) is 1.94. The van der Waals surface area contributed by atoms with Crippen molar-refractivity contribution in [1.29, 1.82) is 0 Å². The smallest absolute Gasteiger partial charge is 0.211 e. The van der Waals surface area contributed by atoms with Crippen LogP contribution in [0.15, 0.2) is 36.7 Å². The van der Waals surface area contributed by atoms with Crippen LogP contribution in [0, 0.1) is 0 Å². The van der Waals surface area contributed by atoms with Crippen molar-refractivity contribution >= 4 is 21.6 Å². The highest BCUT2D eigenvalue weighted by Gasteiger charge is 2.06. The molecule has 0 aliphatic carbocycles. The molecule has 0 saturated carbocycles. The minimum Gasteiger partial charge on any atom is -0.326 e. The third-order valence-corrected chi connectivity index (χ3v) is 3.38. The third kappa shape index (κ3) is 1.50. The van der Waals surface area contributed by atoms with Gasteiger partial charge in [0, 0.05) is 18.3 Å². The molecule has 0 radical (unpaired) electrons. The minimum absolute atomic E-state index is 0.505. The van der Waals surface area contributed by atoms with E-state index in [-0.39, 0.29) is 0 Å². The maximum Gasteiger partial charge on any atom is 0.211 e. The summed E-state index contributed by atoms with van der Waals surface area (Å²) in [4.78, 5) is 4.51. The maximum absolute atomic E-state index is 5.55. The van der Waals surface area contributed by atoms with E-state index in [0.29, 0.717) is 6.54 Å². The molecule has 3 aromatic rings. The van der Waals surface area contributed by atoms with E-state index in [0.717, 1.165) is 16.2 Å². The number of hydrogen-bond acceptors (Lipinski definition) is 4. The highest BCUT2D eigenvalue weighted by atomic mass is 32.1. The first-order chi connectivity index (χ1) is 7.86. The van der Waals surface area contributed by atoms with Crippen LogP contribution in [0.5, 0.6) is 0 Å². The Bertz CT molecular complexity index is 592. The van der Waals surface area contributed by atoms with E-state index in [9.17, 15) is 0 Å². The molecule has 4 nitrogen and oxygen atoms in total. The van der Waals surface area contributed by atoms with Crippen molar-refractivity contribution < 1.29 is 0 Å². The molecular formula is C11H10N4S. The van der Waals surface area contributed by atoms with Crippen LogP contribution in [0.2, 0.25) is 0 Å². The summed E-state index contributed by atoms with van der Waals surface area (Å²) in [7, 11) is 0. The highest BCUT2D eigenvalue weighted by Crippen LogP contribution is 2.23. The van der Waals surface area contributed by atoms with Gasteiger partial charge >= 0.3 is 0 Å². The van der Waals surface area contributed by atoms with Crippen molar-refractivity contribution in [1.82, 2.24) is 14.8 Å². The first-order valence-electron chi connectivity index (χ1n) is 4.96. The van der Waals surface area contributed by atoms with Crippen molar-refractivity contribution in [2.75, 3.05) is 0 Å². The summed E-state index contributed by atoms with van der Waals surface area (Å²) in [6.07, 6.45) is 3.68. The van der Waals surface area contributed by atoms with Gasteiger partial charge in [0.15, 0.2) is 0 Å². The Morgan fingerprint density at radius 3 is 2.94 bits per heavy atom. The summed E-state index contributed by atoms with van der Waals surface area (Å²) < 4.78 is 2.94. The molecule has 2 heterocycles. The van der Waals surface area contributed by atoms with E-state index in [1.165, 1.54) is 4.70 Å². The van der Waals surface area contributed by atoms with Gasteiger partial charge in [-0.05, 0) is 12.1 Å². The van der Waals surface area contributed by atoms with Crippen LogP contribution in [0.3, 0.4) is 0 Å². The van der Waals surface area contributed by atoms with Gasteiger partial charge in [-0.25, -0.2) is 9.67 Å². The van der Waals surface area contributed by atoms with Crippen molar-refractivity contribution in [3.63, 3.8) is 0 Å². The standard InChI is InChI=1S/C11H10N4S/c12-5-8-6-13-15(7-8)11-14-9-3-1-2-4-10(9)16-11/h1-4,6-7H,5,12H2. The first kappa shape index (κ1) is 9.50. The molecule has 0 amide bonds. The van der Waals surface area contributed by atoms with Crippen LogP contribution >= 0.6 is 11.3 Å². The van der Waals surface area contributed by atoms with Gasteiger partial charge in [-0.15, -0.1) is 0 Å². The number of thiazole rings is 1. The predicted molar refractivity (Wildman–Crippen MR) is 64.6 cm³/mol. The molecule has 3 rings (SSSR count).